The lowest BCUT2D eigenvalue weighted by atomic mass is 10.1. The molecule has 0 spiro atoms. The maximum Gasteiger partial charge on any atom is 0.410 e. The van der Waals surface area contributed by atoms with Gasteiger partial charge in [0, 0.05) is 25.5 Å². The molecular weight excluding hydrogens is 374 g/mol. The third-order valence-corrected chi connectivity index (χ3v) is 4.30. The molecule has 1 atom stereocenters. The number of piperidine rings is 1. The van der Waals surface area contributed by atoms with Gasteiger partial charge < -0.3 is 18.9 Å². The summed E-state index contributed by atoms with van der Waals surface area (Å²) in [6.45, 7) is 6.74. The van der Waals surface area contributed by atoms with Gasteiger partial charge >= 0.3 is 6.09 Å². The van der Waals surface area contributed by atoms with Crippen molar-refractivity contribution in [3.8, 4) is 11.5 Å². The van der Waals surface area contributed by atoms with Crippen molar-refractivity contribution in [1.82, 2.24) is 25.0 Å². The van der Waals surface area contributed by atoms with Crippen LogP contribution in [0.5, 0.6) is 0 Å². The summed E-state index contributed by atoms with van der Waals surface area (Å²) in [7, 11) is 0. The first-order valence-electron chi connectivity index (χ1n) is 8.85. The zero-order valence-corrected chi connectivity index (χ0v) is 16.2. The van der Waals surface area contributed by atoms with Gasteiger partial charge in [-0.15, -0.1) is 0 Å². The lowest BCUT2D eigenvalue weighted by molar-refractivity contribution is -0.0402. The van der Waals surface area contributed by atoms with E-state index in [9.17, 15) is 4.79 Å². The third kappa shape index (κ3) is 5.14. The number of ether oxygens (including phenoxy) is 2. The van der Waals surface area contributed by atoms with Crippen molar-refractivity contribution in [1.29, 1.82) is 0 Å². The summed E-state index contributed by atoms with van der Waals surface area (Å²) in [6, 6.07) is 0. The van der Waals surface area contributed by atoms with Crippen LogP contribution in [-0.2, 0) is 9.47 Å². The summed E-state index contributed by atoms with van der Waals surface area (Å²) in [5.74, 6) is 0.755. The van der Waals surface area contributed by atoms with E-state index in [-0.39, 0.29) is 29.7 Å². The minimum atomic E-state index is -0.338. The van der Waals surface area contributed by atoms with Gasteiger partial charge in [0.2, 0.25) is 11.1 Å². The quantitative estimate of drug-likeness (QED) is 0.710. The zero-order valence-electron chi connectivity index (χ0n) is 15.5. The van der Waals surface area contributed by atoms with Crippen molar-refractivity contribution in [3.05, 3.63) is 23.5 Å². The molecule has 0 N–H and O–H groups in total. The van der Waals surface area contributed by atoms with Gasteiger partial charge in [-0.3, -0.25) is 0 Å². The fraction of sp³-hybridized carbons (Fsp3) is 0.588. The first-order chi connectivity index (χ1) is 12.9. The fourth-order valence-electron chi connectivity index (χ4n) is 2.74. The number of carbonyl (C=O) groups excluding carboxylic acids is 1. The first kappa shape index (κ1) is 19.5. The summed E-state index contributed by atoms with van der Waals surface area (Å²) in [4.78, 5) is 25.8. The van der Waals surface area contributed by atoms with E-state index < -0.39 is 0 Å². The van der Waals surface area contributed by atoms with Gasteiger partial charge in [-0.25, -0.2) is 14.8 Å². The van der Waals surface area contributed by atoms with E-state index in [1.807, 2.05) is 20.8 Å². The predicted octanol–water partition coefficient (Wildman–Crippen LogP) is 3.27. The molecule has 3 heterocycles. The van der Waals surface area contributed by atoms with E-state index >= 15 is 0 Å². The highest BCUT2D eigenvalue weighted by atomic mass is 35.5. The van der Waals surface area contributed by atoms with Crippen LogP contribution in [0, 0.1) is 0 Å². The molecule has 2 aromatic rings. The SMILES string of the molecule is CC(C)OC(=O)N1CCC(OC(C)c2noc(-c3cnc(Cl)nc3)n2)CC1. The van der Waals surface area contributed by atoms with Gasteiger partial charge in [0.25, 0.3) is 5.89 Å². The van der Waals surface area contributed by atoms with Crippen molar-refractivity contribution >= 4 is 17.7 Å². The Morgan fingerprint density at radius 3 is 2.56 bits per heavy atom. The third-order valence-electron chi connectivity index (χ3n) is 4.11. The molecule has 1 fully saturated rings. The van der Waals surface area contributed by atoms with Crippen molar-refractivity contribution in [3.63, 3.8) is 0 Å². The summed E-state index contributed by atoms with van der Waals surface area (Å²) < 4.78 is 16.5. The maximum absolute atomic E-state index is 11.9. The topological polar surface area (TPSA) is 103 Å². The van der Waals surface area contributed by atoms with E-state index in [1.165, 1.54) is 12.4 Å². The van der Waals surface area contributed by atoms with Gasteiger partial charge in [-0.1, -0.05) is 5.16 Å². The molecule has 0 radical (unpaired) electrons. The van der Waals surface area contributed by atoms with Crippen LogP contribution in [0.2, 0.25) is 5.28 Å². The van der Waals surface area contributed by atoms with Gasteiger partial charge in [-0.05, 0) is 45.2 Å². The second-order valence-corrected chi connectivity index (χ2v) is 6.93. The van der Waals surface area contributed by atoms with Crippen LogP contribution in [0.4, 0.5) is 4.79 Å². The lowest BCUT2D eigenvalue weighted by Gasteiger charge is -2.32. The Balaban J connectivity index is 1.52. The first-order valence-corrected chi connectivity index (χ1v) is 9.22. The van der Waals surface area contributed by atoms with E-state index in [1.54, 1.807) is 4.90 Å². The molecule has 146 valence electrons. The van der Waals surface area contributed by atoms with Gasteiger partial charge in [-0.2, -0.15) is 4.98 Å². The van der Waals surface area contributed by atoms with Gasteiger partial charge in [0.15, 0.2) is 0 Å². The van der Waals surface area contributed by atoms with Crippen molar-refractivity contribution < 1.29 is 18.8 Å². The molecule has 2 aromatic heterocycles. The molecule has 0 aliphatic carbocycles. The Bertz CT molecular complexity index is 759. The number of amides is 1. The highest BCUT2D eigenvalue weighted by molar-refractivity contribution is 6.28. The van der Waals surface area contributed by atoms with Crippen molar-refractivity contribution in [2.75, 3.05) is 13.1 Å². The van der Waals surface area contributed by atoms with Gasteiger partial charge in [0.05, 0.1) is 17.8 Å². The van der Waals surface area contributed by atoms with Crippen molar-refractivity contribution in [2.45, 2.75) is 51.9 Å². The van der Waals surface area contributed by atoms with E-state index in [4.69, 9.17) is 25.6 Å². The molecule has 1 aliphatic rings. The van der Waals surface area contributed by atoms with E-state index in [0.29, 0.717) is 30.4 Å². The highest BCUT2D eigenvalue weighted by Crippen LogP contribution is 2.24. The fourth-order valence-corrected chi connectivity index (χ4v) is 2.84. The predicted molar refractivity (Wildman–Crippen MR) is 96.0 cm³/mol. The van der Waals surface area contributed by atoms with E-state index in [0.717, 1.165) is 12.8 Å². The molecular formula is C17H22ClN5O4. The Morgan fingerprint density at radius 1 is 1.26 bits per heavy atom. The summed E-state index contributed by atoms with van der Waals surface area (Å²) >= 11 is 5.68. The molecule has 1 unspecified atom stereocenters. The van der Waals surface area contributed by atoms with Crippen LogP contribution < -0.4 is 0 Å². The van der Waals surface area contributed by atoms with Crippen molar-refractivity contribution in [2.24, 2.45) is 0 Å². The molecule has 3 rings (SSSR count). The monoisotopic (exact) mass is 395 g/mol. The van der Waals surface area contributed by atoms with Crippen LogP contribution >= 0.6 is 11.6 Å². The molecule has 10 heteroatoms. The second kappa shape index (κ2) is 8.62. The van der Waals surface area contributed by atoms with Crippen LogP contribution in [0.1, 0.15) is 45.5 Å². The second-order valence-electron chi connectivity index (χ2n) is 6.60. The normalized spacial score (nSPS) is 16.6. The molecule has 1 saturated heterocycles. The Labute approximate surface area is 162 Å². The van der Waals surface area contributed by atoms with Crippen LogP contribution in [0.3, 0.4) is 0 Å². The molecule has 1 aliphatic heterocycles. The highest BCUT2D eigenvalue weighted by Gasteiger charge is 2.27. The van der Waals surface area contributed by atoms with Crippen LogP contribution in [-0.4, -0.2) is 56.4 Å². The maximum atomic E-state index is 11.9. The molecule has 0 aromatic carbocycles. The number of carbonyl (C=O) groups is 1. The number of aromatic nitrogens is 4. The minimum Gasteiger partial charge on any atom is -0.447 e. The Morgan fingerprint density at radius 2 is 1.93 bits per heavy atom. The molecule has 27 heavy (non-hydrogen) atoms. The van der Waals surface area contributed by atoms with Crippen LogP contribution in [0.15, 0.2) is 16.9 Å². The Kier molecular flexibility index (Phi) is 6.22. The average Bonchev–Trinajstić information content (AvgIpc) is 3.12. The number of nitrogens with zero attached hydrogens (tertiary/aromatic N) is 5. The number of halogens is 1. The molecule has 9 nitrogen and oxygen atoms in total. The number of rotatable bonds is 5. The largest absolute Gasteiger partial charge is 0.447 e. The van der Waals surface area contributed by atoms with E-state index in [2.05, 4.69) is 20.1 Å². The standard InChI is InChI=1S/C17H22ClN5O4/c1-10(2)25-17(24)23-6-4-13(5-7-23)26-11(3)14-21-15(27-22-14)12-8-19-16(18)20-9-12/h8-11,13H,4-7H2,1-3H3. The average molecular weight is 396 g/mol. The zero-order chi connectivity index (χ0) is 19.4. The Hall–Kier alpha value is -2.26. The summed E-state index contributed by atoms with van der Waals surface area (Å²) in [5.41, 5.74) is 0.585. The number of likely N-dealkylation sites (tertiary alicyclic amines) is 1. The lowest BCUT2D eigenvalue weighted by Crippen LogP contribution is -2.42. The number of hydrogen-bond acceptors (Lipinski definition) is 8. The molecule has 0 saturated carbocycles. The summed E-state index contributed by atoms with van der Waals surface area (Å²) in [5, 5.41) is 4.12. The molecule has 1 amide bonds. The molecule has 0 bridgehead atoms. The summed E-state index contributed by atoms with van der Waals surface area (Å²) in [6.07, 6.45) is 3.78. The smallest absolute Gasteiger partial charge is 0.410 e. The van der Waals surface area contributed by atoms with Gasteiger partial charge in [0.1, 0.15) is 6.10 Å². The van der Waals surface area contributed by atoms with Crippen LogP contribution in [0.25, 0.3) is 11.5 Å². The minimum absolute atomic E-state index is 0.0175. The number of hydrogen-bond donors (Lipinski definition) is 0.